The minimum Gasteiger partial charge on any atom is -0.310 e. The van der Waals surface area contributed by atoms with E-state index in [1.165, 1.54) is 17.5 Å². The first-order valence-corrected chi connectivity index (χ1v) is 5.65. The Morgan fingerprint density at radius 3 is 2.80 bits per heavy atom. The van der Waals surface area contributed by atoms with Gasteiger partial charge in [-0.15, -0.1) is 6.58 Å². The van der Waals surface area contributed by atoms with Crippen molar-refractivity contribution >= 4 is 0 Å². The molecule has 0 radical (unpaired) electrons. The van der Waals surface area contributed by atoms with E-state index in [-0.39, 0.29) is 0 Å². The maximum Gasteiger partial charge on any atom is 0.0294 e. The lowest BCUT2D eigenvalue weighted by atomic mass is 10.0. The molecular weight excluding hydrogens is 182 g/mol. The topological polar surface area (TPSA) is 12.0 Å². The molecule has 1 N–H and O–H groups in total. The highest BCUT2D eigenvalue weighted by Gasteiger charge is 2.05. The molecule has 1 aromatic carbocycles. The Morgan fingerprint density at radius 2 is 2.13 bits per heavy atom. The van der Waals surface area contributed by atoms with Gasteiger partial charge in [-0.25, -0.2) is 0 Å². The van der Waals surface area contributed by atoms with Crippen LogP contribution >= 0.6 is 0 Å². The highest BCUT2D eigenvalue weighted by molar-refractivity contribution is 5.28. The highest BCUT2D eigenvalue weighted by atomic mass is 14.9. The Balaban J connectivity index is 2.43. The van der Waals surface area contributed by atoms with Crippen molar-refractivity contribution in [3.05, 3.63) is 48.0 Å². The Bertz CT molecular complexity index is 304. The molecule has 0 saturated carbocycles. The third kappa shape index (κ3) is 3.88. The van der Waals surface area contributed by atoms with Gasteiger partial charge in [0.15, 0.2) is 0 Å². The Morgan fingerprint density at radius 1 is 1.40 bits per heavy atom. The summed E-state index contributed by atoms with van der Waals surface area (Å²) in [5, 5.41) is 3.53. The van der Waals surface area contributed by atoms with Gasteiger partial charge in [-0.2, -0.15) is 0 Å². The molecule has 1 rings (SSSR count). The second-order valence-corrected chi connectivity index (χ2v) is 3.96. The second kappa shape index (κ2) is 6.41. The van der Waals surface area contributed by atoms with Gasteiger partial charge in [0.25, 0.3) is 0 Å². The number of allylic oxidation sites excluding steroid dienone is 1. The summed E-state index contributed by atoms with van der Waals surface area (Å²) in [4.78, 5) is 0. The lowest BCUT2D eigenvalue weighted by molar-refractivity contribution is 0.559. The maximum absolute atomic E-state index is 3.72. The molecule has 0 aliphatic carbocycles. The number of nitrogens with one attached hydrogen (secondary N) is 1. The van der Waals surface area contributed by atoms with Gasteiger partial charge in [-0.1, -0.05) is 30.3 Å². The molecule has 15 heavy (non-hydrogen) atoms. The summed E-state index contributed by atoms with van der Waals surface area (Å²) in [6.45, 7) is 9.16. The summed E-state index contributed by atoms with van der Waals surface area (Å²) < 4.78 is 0. The van der Waals surface area contributed by atoms with Crippen molar-refractivity contribution in [2.75, 3.05) is 6.54 Å². The lowest BCUT2D eigenvalue weighted by Gasteiger charge is -2.16. The summed E-state index contributed by atoms with van der Waals surface area (Å²) in [7, 11) is 0. The molecular formula is C14H21N. The number of hydrogen-bond acceptors (Lipinski definition) is 1. The zero-order valence-corrected chi connectivity index (χ0v) is 9.79. The van der Waals surface area contributed by atoms with Crippen LogP contribution in [0.2, 0.25) is 0 Å². The predicted molar refractivity (Wildman–Crippen MR) is 67.0 cm³/mol. The molecule has 0 amide bonds. The zero-order valence-electron chi connectivity index (χ0n) is 9.79. The minimum atomic E-state index is 0.441. The van der Waals surface area contributed by atoms with Crippen LogP contribution in [0, 0.1) is 6.92 Å². The Hall–Kier alpha value is -1.08. The molecule has 0 aliphatic heterocycles. The summed E-state index contributed by atoms with van der Waals surface area (Å²) in [6.07, 6.45) is 4.23. The van der Waals surface area contributed by atoms with E-state index in [0.717, 1.165) is 13.0 Å². The lowest BCUT2D eigenvalue weighted by Crippen LogP contribution is -2.20. The fourth-order valence-corrected chi connectivity index (χ4v) is 1.75. The average molecular weight is 203 g/mol. The monoisotopic (exact) mass is 203 g/mol. The van der Waals surface area contributed by atoms with Gasteiger partial charge in [0, 0.05) is 6.04 Å². The van der Waals surface area contributed by atoms with Crippen LogP contribution in [0.15, 0.2) is 36.9 Å². The molecule has 0 spiro atoms. The molecule has 0 saturated heterocycles. The fourth-order valence-electron chi connectivity index (χ4n) is 1.75. The molecule has 1 aromatic rings. The van der Waals surface area contributed by atoms with Gasteiger partial charge >= 0.3 is 0 Å². The van der Waals surface area contributed by atoms with E-state index in [0.29, 0.717) is 6.04 Å². The van der Waals surface area contributed by atoms with Crippen LogP contribution in [0.25, 0.3) is 0 Å². The van der Waals surface area contributed by atoms with Gasteiger partial charge in [0.2, 0.25) is 0 Å². The molecule has 1 nitrogen and oxygen atoms in total. The number of unbranched alkanes of at least 4 members (excludes halogenated alkanes) is 1. The molecule has 82 valence electrons. The molecule has 1 unspecified atom stereocenters. The molecule has 0 fully saturated rings. The number of rotatable bonds is 6. The van der Waals surface area contributed by atoms with Crippen molar-refractivity contribution in [2.45, 2.75) is 32.7 Å². The largest absolute Gasteiger partial charge is 0.310 e. The van der Waals surface area contributed by atoms with E-state index in [2.05, 4.69) is 50.0 Å². The van der Waals surface area contributed by atoms with E-state index in [9.17, 15) is 0 Å². The van der Waals surface area contributed by atoms with E-state index in [1.807, 2.05) is 6.08 Å². The van der Waals surface area contributed by atoms with Crippen LogP contribution in [-0.2, 0) is 0 Å². The molecule has 0 aliphatic rings. The van der Waals surface area contributed by atoms with Gasteiger partial charge < -0.3 is 5.32 Å². The first kappa shape index (κ1) is 12.0. The first-order chi connectivity index (χ1) is 7.25. The first-order valence-electron chi connectivity index (χ1n) is 5.65. The van der Waals surface area contributed by atoms with E-state index in [1.54, 1.807) is 0 Å². The highest BCUT2D eigenvalue weighted by Crippen LogP contribution is 2.16. The van der Waals surface area contributed by atoms with Gasteiger partial charge in [0.05, 0.1) is 0 Å². The normalized spacial score (nSPS) is 12.4. The van der Waals surface area contributed by atoms with Crippen molar-refractivity contribution in [3.63, 3.8) is 0 Å². The van der Waals surface area contributed by atoms with Crippen molar-refractivity contribution in [2.24, 2.45) is 0 Å². The van der Waals surface area contributed by atoms with Crippen LogP contribution < -0.4 is 5.32 Å². The van der Waals surface area contributed by atoms with Crippen LogP contribution in [0.4, 0.5) is 0 Å². The summed E-state index contributed by atoms with van der Waals surface area (Å²) in [5.41, 5.74) is 2.76. The van der Waals surface area contributed by atoms with E-state index in [4.69, 9.17) is 0 Å². The summed E-state index contributed by atoms with van der Waals surface area (Å²) >= 11 is 0. The van der Waals surface area contributed by atoms with Crippen molar-refractivity contribution in [1.82, 2.24) is 5.32 Å². The van der Waals surface area contributed by atoms with E-state index < -0.39 is 0 Å². The molecule has 0 bridgehead atoms. The van der Waals surface area contributed by atoms with Gasteiger partial charge in [0.1, 0.15) is 0 Å². The van der Waals surface area contributed by atoms with Crippen molar-refractivity contribution in [1.29, 1.82) is 0 Å². The van der Waals surface area contributed by atoms with Crippen molar-refractivity contribution in [3.8, 4) is 0 Å². The number of aryl methyl sites for hydroxylation is 1. The predicted octanol–water partition coefficient (Wildman–Crippen LogP) is 3.61. The minimum absolute atomic E-state index is 0.441. The van der Waals surface area contributed by atoms with Gasteiger partial charge in [-0.05, 0) is 44.4 Å². The average Bonchev–Trinajstić information content (AvgIpc) is 2.25. The SMILES string of the molecule is C=CCCCNC(C)c1ccccc1C. The summed E-state index contributed by atoms with van der Waals surface area (Å²) in [6, 6.07) is 8.99. The third-order valence-corrected chi connectivity index (χ3v) is 2.69. The quantitative estimate of drug-likeness (QED) is 0.550. The number of hydrogen-bond donors (Lipinski definition) is 1. The third-order valence-electron chi connectivity index (χ3n) is 2.69. The van der Waals surface area contributed by atoms with Gasteiger partial charge in [-0.3, -0.25) is 0 Å². The smallest absolute Gasteiger partial charge is 0.0294 e. The van der Waals surface area contributed by atoms with Crippen LogP contribution in [0.3, 0.4) is 0 Å². The van der Waals surface area contributed by atoms with Crippen LogP contribution in [0.1, 0.15) is 36.9 Å². The standard InChI is InChI=1S/C14H21N/c1-4-5-8-11-15-13(3)14-10-7-6-9-12(14)2/h4,6-7,9-10,13,15H,1,5,8,11H2,2-3H3. The Labute approximate surface area is 93.2 Å². The zero-order chi connectivity index (χ0) is 11.1. The molecule has 0 heterocycles. The Kier molecular flexibility index (Phi) is 5.13. The van der Waals surface area contributed by atoms with Crippen LogP contribution in [-0.4, -0.2) is 6.54 Å². The fraction of sp³-hybridized carbons (Fsp3) is 0.429. The van der Waals surface area contributed by atoms with Crippen LogP contribution in [0.5, 0.6) is 0 Å². The number of benzene rings is 1. The van der Waals surface area contributed by atoms with E-state index >= 15 is 0 Å². The second-order valence-electron chi connectivity index (χ2n) is 3.96. The summed E-state index contributed by atoms with van der Waals surface area (Å²) in [5.74, 6) is 0. The van der Waals surface area contributed by atoms with Crippen molar-refractivity contribution < 1.29 is 0 Å². The maximum atomic E-state index is 3.72. The molecule has 0 aromatic heterocycles. The molecule has 1 atom stereocenters. The molecule has 1 heteroatoms.